The van der Waals surface area contributed by atoms with Crippen molar-refractivity contribution in [3.8, 4) is 0 Å². The molecule has 10 unspecified atom stereocenters. The number of carbonyl (C=O) groups is 2. The molecule has 2 saturated carbocycles. The second-order valence-electron chi connectivity index (χ2n) is 11.5. The molecule has 3 aliphatic heterocycles. The van der Waals surface area contributed by atoms with Gasteiger partial charge < -0.3 is 29.7 Å². The Labute approximate surface area is 203 Å². The van der Waals surface area contributed by atoms with E-state index in [2.05, 4.69) is 15.5 Å². The zero-order valence-electron chi connectivity index (χ0n) is 21.4. The first kappa shape index (κ1) is 24.5. The van der Waals surface area contributed by atoms with Crippen LogP contribution in [0.15, 0.2) is 0 Å². The van der Waals surface area contributed by atoms with E-state index in [0.29, 0.717) is 23.8 Å². The number of ether oxygens (including phenoxy) is 3. The maximum atomic E-state index is 14.1. The molecule has 3 saturated heterocycles. The van der Waals surface area contributed by atoms with Gasteiger partial charge in [-0.15, -0.1) is 0 Å². The van der Waals surface area contributed by atoms with Crippen LogP contribution in [0.2, 0.25) is 0 Å². The third kappa shape index (κ3) is 3.98. The average molecular weight is 478 g/mol. The van der Waals surface area contributed by atoms with Crippen LogP contribution < -0.4 is 10.6 Å². The number of piperidine rings is 2. The van der Waals surface area contributed by atoms with Gasteiger partial charge in [-0.2, -0.15) is 0 Å². The topological polar surface area (TPSA) is 89.1 Å². The number of nitrogens with zero attached hydrogens (tertiary/aromatic N) is 1. The molecule has 0 aromatic heterocycles. The largest absolute Gasteiger partial charge is 0.379 e. The molecule has 5 aliphatic rings. The van der Waals surface area contributed by atoms with E-state index in [1.165, 1.54) is 0 Å². The van der Waals surface area contributed by atoms with Gasteiger partial charge in [0.15, 0.2) is 0 Å². The van der Waals surface area contributed by atoms with Crippen molar-refractivity contribution < 1.29 is 23.8 Å². The molecule has 0 aromatic rings. The van der Waals surface area contributed by atoms with Crippen molar-refractivity contribution in [1.82, 2.24) is 15.5 Å². The Morgan fingerprint density at radius 1 is 1.03 bits per heavy atom. The Kier molecular flexibility index (Phi) is 6.97. The lowest BCUT2D eigenvalue weighted by molar-refractivity contribution is -0.175. The number of hydrogen-bond donors (Lipinski definition) is 2. The maximum Gasteiger partial charge on any atom is 0.249 e. The molecule has 2 amide bonds. The molecule has 0 bridgehead atoms. The summed E-state index contributed by atoms with van der Waals surface area (Å²) in [5, 5.41) is 6.79. The predicted molar refractivity (Wildman–Crippen MR) is 127 cm³/mol. The van der Waals surface area contributed by atoms with Crippen molar-refractivity contribution in [2.45, 2.75) is 108 Å². The highest BCUT2D eigenvalue weighted by Gasteiger charge is 2.64. The van der Waals surface area contributed by atoms with E-state index in [0.717, 1.165) is 45.1 Å². The second-order valence-corrected chi connectivity index (χ2v) is 11.5. The fourth-order valence-corrected chi connectivity index (χ4v) is 8.21. The Balaban J connectivity index is 1.35. The van der Waals surface area contributed by atoms with Gasteiger partial charge in [-0.05, 0) is 83.6 Å². The lowest BCUT2D eigenvalue weighted by Crippen LogP contribution is -2.70. The molecule has 11 atom stereocenters. The van der Waals surface area contributed by atoms with E-state index < -0.39 is 6.10 Å². The van der Waals surface area contributed by atoms with Gasteiger partial charge in [-0.25, -0.2) is 0 Å². The summed E-state index contributed by atoms with van der Waals surface area (Å²) in [7, 11) is 3.46. The van der Waals surface area contributed by atoms with Gasteiger partial charge in [0.1, 0.15) is 6.10 Å². The van der Waals surface area contributed by atoms with Crippen molar-refractivity contribution >= 4 is 11.8 Å². The Bertz CT molecular complexity index is 778. The molecule has 3 heterocycles. The highest BCUT2D eigenvalue weighted by Crippen LogP contribution is 2.54. The molecule has 2 aliphatic carbocycles. The van der Waals surface area contributed by atoms with Crippen LogP contribution in [0.1, 0.15) is 59.3 Å². The SMILES string of the molecule is COC1CCC2C3NCCC4C5CC(O[C@@H](C)C(=O)NC(C)C)CCC5N(C(=O)C2C1OC)C43. The zero-order valence-corrected chi connectivity index (χ0v) is 21.4. The quantitative estimate of drug-likeness (QED) is 0.606. The molecule has 5 fully saturated rings. The van der Waals surface area contributed by atoms with E-state index in [4.69, 9.17) is 14.2 Å². The zero-order chi connectivity index (χ0) is 24.1. The molecule has 5 rings (SSSR count). The summed E-state index contributed by atoms with van der Waals surface area (Å²) in [5.74, 6) is 1.36. The van der Waals surface area contributed by atoms with Crippen molar-refractivity contribution in [3.05, 3.63) is 0 Å². The number of amides is 2. The number of rotatable bonds is 6. The van der Waals surface area contributed by atoms with Gasteiger partial charge in [-0.1, -0.05) is 0 Å². The summed E-state index contributed by atoms with van der Waals surface area (Å²) >= 11 is 0. The molecule has 34 heavy (non-hydrogen) atoms. The Hall–Kier alpha value is -1.22. The average Bonchev–Trinajstić information content (AvgIpc) is 3.15. The molecule has 0 spiro atoms. The fraction of sp³-hybridized carbons (Fsp3) is 0.923. The first-order chi connectivity index (χ1) is 16.3. The normalized spacial score (nSPS) is 44.3. The van der Waals surface area contributed by atoms with E-state index in [1.807, 2.05) is 20.8 Å². The summed E-state index contributed by atoms with van der Waals surface area (Å²) < 4.78 is 17.9. The van der Waals surface area contributed by atoms with Crippen LogP contribution in [0.25, 0.3) is 0 Å². The number of fused-ring (bicyclic) bond motifs is 5. The molecule has 8 nitrogen and oxygen atoms in total. The summed E-state index contributed by atoms with van der Waals surface area (Å²) in [5.41, 5.74) is 0. The first-order valence-electron chi connectivity index (χ1n) is 13.4. The van der Waals surface area contributed by atoms with Gasteiger partial charge in [0.05, 0.1) is 30.3 Å². The van der Waals surface area contributed by atoms with Gasteiger partial charge in [0.2, 0.25) is 11.8 Å². The number of hydrogen-bond acceptors (Lipinski definition) is 6. The second kappa shape index (κ2) is 9.68. The number of nitrogens with one attached hydrogen (secondary N) is 2. The Morgan fingerprint density at radius 3 is 2.53 bits per heavy atom. The van der Waals surface area contributed by atoms with Gasteiger partial charge in [-0.3, -0.25) is 9.59 Å². The maximum absolute atomic E-state index is 14.1. The molecule has 8 heteroatoms. The van der Waals surface area contributed by atoms with Crippen LogP contribution in [-0.4, -0.2) is 86.1 Å². The van der Waals surface area contributed by atoms with E-state index in [9.17, 15) is 9.59 Å². The van der Waals surface area contributed by atoms with Crippen LogP contribution in [0.3, 0.4) is 0 Å². The van der Waals surface area contributed by atoms with Crippen LogP contribution in [-0.2, 0) is 23.8 Å². The van der Waals surface area contributed by atoms with Crippen molar-refractivity contribution in [3.63, 3.8) is 0 Å². The number of methoxy groups -OCH3 is 2. The third-order valence-corrected chi connectivity index (χ3v) is 9.45. The smallest absolute Gasteiger partial charge is 0.249 e. The fourth-order valence-electron chi connectivity index (χ4n) is 8.21. The molecule has 0 aromatic carbocycles. The van der Waals surface area contributed by atoms with Gasteiger partial charge >= 0.3 is 0 Å². The minimum absolute atomic E-state index is 0.0212. The summed E-state index contributed by atoms with van der Waals surface area (Å²) in [6.07, 6.45) is 5.25. The van der Waals surface area contributed by atoms with Crippen molar-refractivity contribution in [1.29, 1.82) is 0 Å². The van der Waals surface area contributed by atoms with Crippen LogP contribution in [0.4, 0.5) is 0 Å². The predicted octanol–water partition coefficient (Wildman–Crippen LogP) is 1.71. The highest BCUT2D eigenvalue weighted by molar-refractivity contribution is 5.83. The molecule has 0 radical (unpaired) electrons. The van der Waals surface area contributed by atoms with E-state index >= 15 is 0 Å². The van der Waals surface area contributed by atoms with Crippen LogP contribution >= 0.6 is 0 Å². The first-order valence-corrected chi connectivity index (χ1v) is 13.4. The lowest BCUT2D eigenvalue weighted by atomic mass is 9.64. The number of carbonyl (C=O) groups excluding carboxylic acids is 2. The van der Waals surface area contributed by atoms with E-state index in [1.54, 1.807) is 14.2 Å². The highest BCUT2D eigenvalue weighted by atomic mass is 16.5. The van der Waals surface area contributed by atoms with Crippen molar-refractivity contribution in [2.24, 2.45) is 23.7 Å². The Morgan fingerprint density at radius 2 is 1.82 bits per heavy atom. The van der Waals surface area contributed by atoms with Crippen LogP contribution in [0, 0.1) is 23.7 Å². The monoisotopic (exact) mass is 477 g/mol. The van der Waals surface area contributed by atoms with Crippen LogP contribution in [0.5, 0.6) is 0 Å². The summed E-state index contributed by atoms with van der Waals surface area (Å²) in [6, 6.07) is 0.980. The molecule has 2 N–H and O–H groups in total. The summed E-state index contributed by atoms with van der Waals surface area (Å²) in [6.45, 7) is 6.79. The van der Waals surface area contributed by atoms with Gasteiger partial charge in [0.25, 0.3) is 0 Å². The molecular weight excluding hydrogens is 434 g/mol. The van der Waals surface area contributed by atoms with Gasteiger partial charge in [0, 0.05) is 32.3 Å². The van der Waals surface area contributed by atoms with E-state index in [-0.39, 0.29) is 54.2 Å². The van der Waals surface area contributed by atoms with Crippen molar-refractivity contribution in [2.75, 3.05) is 20.8 Å². The lowest BCUT2D eigenvalue weighted by Gasteiger charge is -2.55. The minimum Gasteiger partial charge on any atom is -0.379 e. The summed E-state index contributed by atoms with van der Waals surface area (Å²) in [4.78, 5) is 28.8. The third-order valence-electron chi connectivity index (χ3n) is 9.45. The molecular formula is C26H43N3O5. The minimum atomic E-state index is -0.452. The molecule has 192 valence electrons. The standard InChI is InChI=1S/C26H43N3O5/c1-13(2)28-25(30)14(3)34-15-6-8-19-18(12-15)16-10-11-27-22-17-7-9-20(32-4)24(33-5)21(17)26(31)29(19)23(16)22/h13-24,27H,6-12H2,1-5H3,(H,28,30)/t14-,15?,16?,17?,18?,19?,20?,21?,22?,23?,24?/m0/s1.